The minimum Gasteiger partial charge on any atom is -0.480 e. The smallest absolute Gasteiger partial charge is 0.320 e. The van der Waals surface area contributed by atoms with Crippen LogP contribution in [-0.2, 0) is 17.8 Å². The molecule has 0 spiro atoms. The van der Waals surface area contributed by atoms with Crippen LogP contribution in [0.25, 0.3) is 0 Å². The van der Waals surface area contributed by atoms with Gasteiger partial charge in [0, 0.05) is 6.42 Å². The van der Waals surface area contributed by atoms with Crippen molar-refractivity contribution in [1.29, 1.82) is 0 Å². The number of carboxylic acid groups (broad SMARTS) is 1. The molecule has 2 rings (SSSR count). The lowest BCUT2D eigenvalue weighted by Crippen LogP contribution is -2.33. The van der Waals surface area contributed by atoms with Crippen molar-refractivity contribution in [2.45, 2.75) is 19.0 Å². The van der Waals surface area contributed by atoms with Gasteiger partial charge in [0.05, 0.1) is 11.5 Å². The summed E-state index contributed by atoms with van der Waals surface area (Å²) >= 11 is 0. The molecule has 1 heterocycles. The van der Waals surface area contributed by atoms with E-state index in [4.69, 9.17) is 10.8 Å². The highest BCUT2D eigenvalue weighted by Gasteiger charge is 2.25. The maximum Gasteiger partial charge on any atom is 0.320 e. The van der Waals surface area contributed by atoms with E-state index in [1.807, 2.05) is 30.3 Å². The second-order valence-electron chi connectivity index (χ2n) is 4.53. The van der Waals surface area contributed by atoms with Crippen molar-refractivity contribution in [2.75, 3.05) is 0 Å². The van der Waals surface area contributed by atoms with Gasteiger partial charge in [-0.15, -0.1) is 0 Å². The molecule has 1 unspecified atom stereocenters. The van der Waals surface area contributed by atoms with E-state index in [0.717, 1.165) is 11.8 Å². The molecule has 2 aromatic rings. The number of nitrogens with two attached hydrogens (primary N) is 1. The van der Waals surface area contributed by atoms with Crippen LogP contribution in [0.1, 0.15) is 11.3 Å². The quantitative estimate of drug-likeness (QED) is 0.598. The average molecular weight is 290 g/mol. The summed E-state index contributed by atoms with van der Waals surface area (Å²) in [5, 5.41) is 23.8. The fourth-order valence-electron chi connectivity index (χ4n) is 1.95. The van der Waals surface area contributed by atoms with Gasteiger partial charge in [-0.05, 0) is 5.56 Å². The number of carbonyl (C=O) groups is 1. The van der Waals surface area contributed by atoms with E-state index in [1.54, 1.807) is 0 Å². The lowest BCUT2D eigenvalue weighted by Gasteiger charge is -2.09. The van der Waals surface area contributed by atoms with Crippen LogP contribution in [0.3, 0.4) is 0 Å². The van der Waals surface area contributed by atoms with Crippen LogP contribution in [-0.4, -0.2) is 31.8 Å². The Labute approximate surface area is 120 Å². The number of nitro groups is 1. The highest BCUT2D eigenvalue weighted by atomic mass is 16.6. The third-order valence-electron chi connectivity index (χ3n) is 3.03. The number of aliphatic carboxylic acids is 1. The van der Waals surface area contributed by atoms with Gasteiger partial charge in [-0.1, -0.05) is 30.3 Å². The molecule has 0 amide bonds. The number of benzene rings is 1. The predicted octanol–water partition coefficient (Wildman–Crippen LogP) is 0.794. The van der Waals surface area contributed by atoms with Gasteiger partial charge in [0.15, 0.2) is 0 Å². The number of hydrogen-bond acceptors (Lipinski definition) is 5. The summed E-state index contributed by atoms with van der Waals surface area (Å²) in [5.74, 6) is -1.21. The largest absolute Gasteiger partial charge is 0.480 e. The Hall–Kier alpha value is -2.74. The van der Waals surface area contributed by atoms with Crippen LogP contribution in [0.2, 0.25) is 0 Å². The van der Waals surface area contributed by atoms with Gasteiger partial charge in [-0.3, -0.25) is 19.6 Å². The zero-order valence-corrected chi connectivity index (χ0v) is 11.0. The molecule has 0 saturated heterocycles. The first-order valence-electron chi connectivity index (χ1n) is 6.20. The molecule has 3 N–H and O–H groups in total. The van der Waals surface area contributed by atoms with E-state index in [0.29, 0.717) is 6.54 Å². The number of hydrogen-bond donors (Lipinski definition) is 2. The molecule has 8 nitrogen and oxygen atoms in total. The zero-order valence-electron chi connectivity index (χ0n) is 11.0. The van der Waals surface area contributed by atoms with E-state index in [9.17, 15) is 14.9 Å². The van der Waals surface area contributed by atoms with Crippen molar-refractivity contribution in [3.63, 3.8) is 0 Å². The molecule has 0 saturated carbocycles. The first-order chi connectivity index (χ1) is 9.99. The molecule has 1 aromatic heterocycles. The van der Waals surface area contributed by atoms with Crippen LogP contribution in [0.4, 0.5) is 5.69 Å². The molecule has 0 bridgehead atoms. The van der Waals surface area contributed by atoms with Crippen molar-refractivity contribution in [3.05, 3.63) is 57.9 Å². The number of rotatable bonds is 6. The summed E-state index contributed by atoms with van der Waals surface area (Å²) in [6.45, 7) is 0.316. The summed E-state index contributed by atoms with van der Waals surface area (Å²) < 4.78 is 1.41. The van der Waals surface area contributed by atoms with Crippen LogP contribution in [0.5, 0.6) is 0 Å². The van der Waals surface area contributed by atoms with Gasteiger partial charge >= 0.3 is 11.7 Å². The highest BCUT2D eigenvalue weighted by Crippen LogP contribution is 2.20. The summed E-state index contributed by atoms with van der Waals surface area (Å²) in [6, 6.07) is 8.04. The Balaban J connectivity index is 2.32. The predicted molar refractivity (Wildman–Crippen MR) is 73.7 cm³/mol. The second kappa shape index (κ2) is 6.14. The normalized spacial score (nSPS) is 12.0. The van der Waals surface area contributed by atoms with Gasteiger partial charge in [0.1, 0.15) is 17.9 Å². The van der Waals surface area contributed by atoms with E-state index < -0.39 is 16.9 Å². The molecular weight excluding hydrogens is 276 g/mol. The molecular formula is C13H14N4O4. The van der Waals surface area contributed by atoms with Crippen molar-refractivity contribution in [1.82, 2.24) is 9.78 Å². The molecule has 1 aromatic carbocycles. The lowest BCUT2D eigenvalue weighted by molar-refractivity contribution is -0.385. The van der Waals surface area contributed by atoms with Crippen molar-refractivity contribution in [3.8, 4) is 0 Å². The SMILES string of the molecule is NC(Cc1c([N+](=O)[O-])cnn1Cc1ccccc1)C(=O)O. The number of carboxylic acids is 1. The molecule has 1 atom stereocenters. The standard InChI is InChI=1S/C13H14N4O4/c14-10(13(18)19)6-11-12(17(20)21)7-15-16(11)8-9-4-2-1-3-5-9/h1-5,7,10H,6,8,14H2,(H,18,19). The Morgan fingerprint density at radius 3 is 2.67 bits per heavy atom. The molecule has 110 valence electrons. The Bertz CT molecular complexity index is 653. The zero-order chi connectivity index (χ0) is 15.4. The molecule has 0 radical (unpaired) electrons. The molecule has 8 heteroatoms. The first-order valence-corrected chi connectivity index (χ1v) is 6.20. The summed E-state index contributed by atoms with van der Waals surface area (Å²) in [5.41, 5.74) is 6.37. The third kappa shape index (κ3) is 3.42. The van der Waals surface area contributed by atoms with Crippen LogP contribution >= 0.6 is 0 Å². The minimum absolute atomic E-state index is 0.154. The fourth-order valence-corrected chi connectivity index (χ4v) is 1.95. The summed E-state index contributed by atoms with van der Waals surface area (Å²) in [6.07, 6.45) is 0.964. The Kier molecular flexibility index (Phi) is 4.29. The molecule has 0 aliphatic carbocycles. The lowest BCUT2D eigenvalue weighted by atomic mass is 10.1. The molecule has 21 heavy (non-hydrogen) atoms. The third-order valence-corrected chi connectivity index (χ3v) is 3.03. The van der Waals surface area contributed by atoms with Crippen molar-refractivity contribution < 1.29 is 14.8 Å². The van der Waals surface area contributed by atoms with Crippen LogP contribution in [0.15, 0.2) is 36.5 Å². The summed E-state index contributed by atoms with van der Waals surface area (Å²) in [7, 11) is 0. The maximum absolute atomic E-state index is 11.0. The van der Waals surface area contributed by atoms with E-state index >= 15 is 0 Å². The van der Waals surface area contributed by atoms with Gasteiger partial charge in [0.2, 0.25) is 0 Å². The van der Waals surface area contributed by atoms with E-state index in [-0.39, 0.29) is 17.8 Å². The molecule has 0 aliphatic rings. The Morgan fingerprint density at radius 2 is 2.10 bits per heavy atom. The second-order valence-corrected chi connectivity index (χ2v) is 4.53. The topological polar surface area (TPSA) is 124 Å². The van der Waals surface area contributed by atoms with Gasteiger partial charge < -0.3 is 10.8 Å². The number of aromatic nitrogens is 2. The fraction of sp³-hybridized carbons (Fsp3) is 0.231. The van der Waals surface area contributed by atoms with E-state index in [1.165, 1.54) is 4.68 Å². The average Bonchev–Trinajstić information content (AvgIpc) is 2.83. The van der Waals surface area contributed by atoms with Gasteiger partial charge in [0.25, 0.3) is 0 Å². The van der Waals surface area contributed by atoms with Gasteiger partial charge in [-0.25, -0.2) is 0 Å². The van der Waals surface area contributed by atoms with Crippen LogP contribution < -0.4 is 5.73 Å². The molecule has 0 fully saturated rings. The summed E-state index contributed by atoms with van der Waals surface area (Å²) in [4.78, 5) is 21.3. The highest BCUT2D eigenvalue weighted by molar-refractivity contribution is 5.73. The Morgan fingerprint density at radius 1 is 1.43 bits per heavy atom. The number of nitrogens with zero attached hydrogens (tertiary/aromatic N) is 3. The monoisotopic (exact) mass is 290 g/mol. The van der Waals surface area contributed by atoms with Gasteiger partial charge in [-0.2, -0.15) is 5.10 Å². The van der Waals surface area contributed by atoms with Crippen molar-refractivity contribution in [2.24, 2.45) is 5.73 Å². The molecule has 0 aliphatic heterocycles. The van der Waals surface area contributed by atoms with Crippen LogP contribution in [0, 0.1) is 10.1 Å². The minimum atomic E-state index is -1.21. The maximum atomic E-state index is 11.0. The first kappa shape index (κ1) is 14.7. The van der Waals surface area contributed by atoms with E-state index in [2.05, 4.69) is 5.10 Å². The van der Waals surface area contributed by atoms with Crippen molar-refractivity contribution >= 4 is 11.7 Å².